The molecule has 170 valence electrons. The van der Waals surface area contributed by atoms with Gasteiger partial charge in [-0.2, -0.15) is 0 Å². The average Bonchev–Trinajstić information content (AvgIpc) is 2.86. The lowest BCUT2D eigenvalue weighted by molar-refractivity contribution is -0.125. The van der Waals surface area contributed by atoms with Crippen molar-refractivity contribution in [1.29, 1.82) is 0 Å². The summed E-state index contributed by atoms with van der Waals surface area (Å²) in [6, 6.07) is 8.70. The number of morpholine rings is 1. The summed E-state index contributed by atoms with van der Waals surface area (Å²) >= 11 is 0. The second-order valence-corrected chi connectivity index (χ2v) is 9.04. The van der Waals surface area contributed by atoms with Crippen LogP contribution in [0.25, 0.3) is 0 Å². The highest BCUT2D eigenvalue weighted by Gasteiger charge is 2.27. The van der Waals surface area contributed by atoms with Gasteiger partial charge in [-0.25, -0.2) is 9.97 Å². The monoisotopic (exact) mass is 435 g/mol. The number of fused-ring (bicyclic) bond motifs is 2. The highest BCUT2D eigenvalue weighted by molar-refractivity contribution is 5.79. The molecule has 5 rings (SSSR count). The van der Waals surface area contributed by atoms with E-state index in [0.29, 0.717) is 0 Å². The van der Waals surface area contributed by atoms with Crippen molar-refractivity contribution in [2.45, 2.75) is 38.5 Å². The minimum absolute atomic E-state index is 0.0241. The molecule has 3 aliphatic rings. The predicted octanol–water partition coefficient (Wildman–Crippen LogP) is 2.38. The molecular weight excluding hydrogens is 402 g/mol. The number of nitrogens with zero attached hydrogens (tertiary/aromatic N) is 4. The van der Waals surface area contributed by atoms with Crippen molar-refractivity contribution >= 4 is 17.5 Å². The number of anilines is 2. The van der Waals surface area contributed by atoms with Gasteiger partial charge in [0.15, 0.2) is 0 Å². The Balaban J connectivity index is 1.09. The SMILES string of the molecule is O=C(NCCCN1CCCc2ccccc21)[C@H]1CCc2nc(N3CCOCC3)ncc2C1. The van der Waals surface area contributed by atoms with E-state index in [1.54, 1.807) is 0 Å². The Bertz CT molecular complexity index is 944. The third-order valence-corrected chi connectivity index (χ3v) is 6.91. The molecule has 0 spiro atoms. The van der Waals surface area contributed by atoms with Gasteiger partial charge in [-0.3, -0.25) is 4.79 Å². The van der Waals surface area contributed by atoms with Gasteiger partial charge in [0.2, 0.25) is 11.9 Å². The van der Waals surface area contributed by atoms with Crippen LogP contribution in [-0.2, 0) is 28.8 Å². The minimum Gasteiger partial charge on any atom is -0.378 e. The molecule has 1 fully saturated rings. The standard InChI is InChI=1S/C25H33N5O2/c31-24(26-10-4-12-29-11-3-6-19-5-1-2-7-23(19)29)20-8-9-22-21(17-20)18-27-25(28-22)30-13-15-32-16-14-30/h1-2,5,7,18,20H,3-4,6,8-17H2,(H,26,31)/t20-/m0/s1. The number of carbonyl (C=O) groups excluding carboxylic acids is 1. The summed E-state index contributed by atoms with van der Waals surface area (Å²) in [7, 11) is 0. The lowest BCUT2D eigenvalue weighted by Crippen LogP contribution is -2.38. The molecule has 0 saturated carbocycles. The molecule has 0 radical (unpaired) electrons. The second kappa shape index (κ2) is 9.86. The third kappa shape index (κ3) is 4.72. The van der Waals surface area contributed by atoms with Crippen LogP contribution in [0, 0.1) is 5.92 Å². The van der Waals surface area contributed by atoms with E-state index in [9.17, 15) is 4.79 Å². The van der Waals surface area contributed by atoms with Crippen molar-refractivity contribution < 1.29 is 9.53 Å². The van der Waals surface area contributed by atoms with Gasteiger partial charge >= 0.3 is 0 Å². The fraction of sp³-hybridized carbons (Fsp3) is 0.560. The maximum absolute atomic E-state index is 12.8. The zero-order chi connectivity index (χ0) is 21.8. The lowest BCUT2D eigenvalue weighted by Gasteiger charge is -2.31. The number of amides is 1. The zero-order valence-electron chi connectivity index (χ0n) is 18.8. The summed E-state index contributed by atoms with van der Waals surface area (Å²) in [6.07, 6.45) is 7.72. The van der Waals surface area contributed by atoms with Crippen LogP contribution in [0.1, 0.15) is 36.1 Å². The first-order valence-electron chi connectivity index (χ1n) is 12.1. The Morgan fingerprint density at radius 1 is 1.12 bits per heavy atom. The number of para-hydroxylation sites is 1. The zero-order valence-corrected chi connectivity index (χ0v) is 18.8. The number of carbonyl (C=O) groups is 1. The molecule has 7 nitrogen and oxygen atoms in total. The van der Waals surface area contributed by atoms with E-state index in [1.165, 1.54) is 24.1 Å². The second-order valence-electron chi connectivity index (χ2n) is 9.04. The molecule has 2 aromatic rings. The molecule has 3 heterocycles. The molecule has 0 bridgehead atoms. The number of benzene rings is 1. The molecule has 1 amide bonds. The van der Waals surface area contributed by atoms with Gasteiger partial charge in [-0.1, -0.05) is 18.2 Å². The molecule has 32 heavy (non-hydrogen) atoms. The fourth-order valence-corrected chi connectivity index (χ4v) is 5.11. The van der Waals surface area contributed by atoms with E-state index in [1.807, 2.05) is 6.20 Å². The van der Waals surface area contributed by atoms with E-state index in [2.05, 4.69) is 44.4 Å². The predicted molar refractivity (Wildman–Crippen MR) is 125 cm³/mol. The Hall–Kier alpha value is -2.67. The molecule has 2 aliphatic heterocycles. The van der Waals surface area contributed by atoms with Crippen LogP contribution in [0.3, 0.4) is 0 Å². The first-order chi connectivity index (χ1) is 15.8. The molecule has 1 atom stereocenters. The van der Waals surface area contributed by atoms with E-state index in [0.717, 1.165) is 88.8 Å². The van der Waals surface area contributed by atoms with Crippen molar-refractivity contribution in [2.75, 3.05) is 55.7 Å². The summed E-state index contributed by atoms with van der Waals surface area (Å²) in [5.74, 6) is 0.997. The molecular formula is C25H33N5O2. The van der Waals surface area contributed by atoms with Crippen LogP contribution < -0.4 is 15.1 Å². The number of ether oxygens (including phenoxy) is 1. The molecule has 1 N–H and O–H groups in total. The lowest BCUT2D eigenvalue weighted by atomic mass is 9.86. The summed E-state index contributed by atoms with van der Waals surface area (Å²) in [5, 5.41) is 3.18. The fourth-order valence-electron chi connectivity index (χ4n) is 5.11. The Morgan fingerprint density at radius 3 is 2.91 bits per heavy atom. The number of hydrogen-bond donors (Lipinski definition) is 1. The molecule has 1 aromatic carbocycles. The first-order valence-corrected chi connectivity index (χ1v) is 12.1. The van der Waals surface area contributed by atoms with E-state index in [4.69, 9.17) is 9.72 Å². The van der Waals surface area contributed by atoms with Crippen molar-refractivity contribution in [3.05, 3.63) is 47.3 Å². The first kappa shape index (κ1) is 21.2. The van der Waals surface area contributed by atoms with Gasteiger partial charge in [0, 0.05) is 56.2 Å². The minimum atomic E-state index is 0.0241. The number of aromatic nitrogens is 2. The summed E-state index contributed by atoms with van der Waals surface area (Å²) in [6.45, 7) is 5.96. The molecule has 1 aromatic heterocycles. The van der Waals surface area contributed by atoms with Gasteiger partial charge in [-0.15, -0.1) is 0 Å². The van der Waals surface area contributed by atoms with Gasteiger partial charge in [0.25, 0.3) is 0 Å². The van der Waals surface area contributed by atoms with Gasteiger partial charge in [0.1, 0.15) is 0 Å². The van der Waals surface area contributed by atoms with E-state index >= 15 is 0 Å². The smallest absolute Gasteiger partial charge is 0.225 e. The van der Waals surface area contributed by atoms with Crippen LogP contribution in [0.5, 0.6) is 0 Å². The van der Waals surface area contributed by atoms with Crippen molar-refractivity contribution in [2.24, 2.45) is 5.92 Å². The maximum Gasteiger partial charge on any atom is 0.225 e. The van der Waals surface area contributed by atoms with E-state index < -0.39 is 0 Å². The summed E-state index contributed by atoms with van der Waals surface area (Å²) in [5.41, 5.74) is 5.04. The average molecular weight is 436 g/mol. The number of aryl methyl sites for hydroxylation is 2. The van der Waals surface area contributed by atoms with Gasteiger partial charge in [-0.05, 0) is 55.7 Å². The molecule has 1 aliphatic carbocycles. The Kier molecular flexibility index (Phi) is 6.53. The van der Waals surface area contributed by atoms with Gasteiger partial charge in [0.05, 0.1) is 13.2 Å². The third-order valence-electron chi connectivity index (χ3n) is 6.91. The van der Waals surface area contributed by atoms with Crippen LogP contribution in [0.15, 0.2) is 30.5 Å². The van der Waals surface area contributed by atoms with Gasteiger partial charge < -0.3 is 19.9 Å². The topological polar surface area (TPSA) is 70.6 Å². The Morgan fingerprint density at radius 2 is 2.00 bits per heavy atom. The van der Waals surface area contributed by atoms with Crippen LogP contribution in [-0.4, -0.2) is 61.8 Å². The van der Waals surface area contributed by atoms with E-state index in [-0.39, 0.29) is 11.8 Å². The molecule has 7 heteroatoms. The molecule has 0 unspecified atom stereocenters. The van der Waals surface area contributed by atoms with Crippen molar-refractivity contribution in [3.63, 3.8) is 0 Å². The number of hydrogen-bond acceptors (Lipinski definition) is 6. The number of rotatable bonds is 6. The summed E-state index contributed by atoms with van der Waals surface area (Å²) in [4.78, 5) is 26.8. The molecule has 1 saturated heterocycles. The van der Waals surface area contributed by atoms with Crippen molar-refractivity contribution in [1.82, 2.24) is 15.3 Å². The maximum atomic E-state index is 12.8. The van der Waals surface area contributed by atoms with Crippen LogP contribution in [0.2, 0.25) is 0 Å². The Labute approximate surface area is 190 Å². The quantitative estimate of drug-likeness (QED) is 0.703. The van der Waals surface area contributed by atoms with Crippen LogP contribution >= 0.6 is 0 Å². The van der Waals surface area contributed by atoms with Crippen LogP contribution in [0.4, 0.5) is 11.6 Å². The number of nitrogens with one attached hydrogen (secondary N) is 1. The highest BCUT2D eigenvalue weighted by atomic mass is 16.5. The summed E-state index contributed by atoms with van der Waals surface area (Å²) < 4.78 is 5.42. The highest BCUT2D eigenvalue weighted by Crippen LogP contribution is 2.27. The van der Waals surface area contributed by atoms with Crippen molar-refractivity contribution in [3.8, 4) is 0 Å². The normalized spacial score (nSPS) is 20.4. The largest absolute Gasteiger partial charge is 0.378 e.